The molecule has 1 fully saturated rings. The van der Waals surface area contributed by atoms with E-state index in [2.05, 4.69) is 20.0 Å². The van der Waals surface area contributed by atoms with Crippen LogP contribution in [0.25, 0.3) is 0 Å². The molecule has 0 atom stereocenters. The van der Waals surface area contributed by atoms with E-state index in [0.29, 0.717) is 23.7 Å². The van der Waals surface area contributed by atoms with E-state index in [1.165, 1.54) is 4.90 Å². The number of allylic oxidation sites excluding steroid dienone is 2. The maximum atomic E-state index is 12.8. The summed E-state index contributed by atoms with van der Waals surface area (Å²) in [6, 6.07) is -0.674. The second kappa shape index (κ2) is 5.56. The van der Waals surface area contributed by atoms with Crippen LogP contribution in [0.4, 0.5) is 18.0 Å². The molecule has 1 saturated heterocycles. The molecule has 23 heavy (non-hydrogen) atoms. The number of amides is 1. The largest absolute Gasteiger partial charge is 0.450 e. The molecular weight excluding hydrogens is 319 g/mol. The molecule has 11 heteroatoms. The minimum absolute atomic E-state index is 0.241. The van der Waals surface area contributed by atoms with Gasteiger partial charge in [0.05, 0.1) is 0 Å². The first-order valence-corrected chi connectivity index (χ1v) is 6.83. The van der Waals surface area contributed by atoms with Crippen molar-refractivity contribution in [2.75, 3.05) is 19.8 Å². The molecule has 0 spiro atoms. The summed E-state index contributed by atoms with van der Waals surface area (Å²) in [5, 5.41) is 5.48. The Kier molecular flexibility index (Phi) is 3.70. The Labute approximate surface area is 127 Å². The number of hydrogen-bond donors (Lipinski definition) is 1. The number of aromatic nitrogens is 2. The topological polar surface area (TPSA) is 92.7 Å². The van der Waals surface area contributed by atoms with Crippen molar-refractivity contribution in [1.82, 2.24) is 19.9 Å². The van der Waals surface area contributed by atoms with E-state index in [4.69, 9.17) is 0 Å². The van der Waals surface area contributed by atoms with Crippen LogP contribution in [0.3, 0.4) is 0 Å². The van der Waals surface area contributed by atoms with Crippen molar-refractivity contribution in [1.29, 1.82) is 0 Å². The number of alkyl halides is 3. The Morgan fingerprint density at radius 2 is 2.00 bits per heavy atom. The maximum Gasteiger partial charge on any atom is 0.450 e. The number of aliphatic imine (C=N–C) groups is 1. The quantitative estimate of drug-likeness (QED) is 0.817. The zero-order valence-electron chi connectivity index (χ0n) is 11.8. The number of hydrogen-bond acceptors (Lipinski definition) is 6. The molecule has 0 radical (unpaired) electrons. The van der Waals surface area contributed by atoms with Gasteiger partial charge < -0.3 is 10.2 Å². The Bertz CT molecular complexity index is 740. The summed E-state index contributed by atoms with van der Waals surface area (Å²) in [4.78, 5) is 29.3. The van der Waals surface area contributed by atoms with E-state index in [9.17, 15) is 22.8 Å². The lowest BCUT2D eigenvalue weighted by Gasteiger charge is -2.18. The third-order valence-corrected chi connectivity index (χ3v) is 3.51. The average Bonchev–Trinajstić information content (AvgIpc) is 3.15. The summed E-state index contributed by atoms with van der Waals surface area (Å²) in [6.07, 6.45) is -2.32. The van der Waals surface area contributed by atoms with E-state index in [1.54, 1.807) is 0 Å². The van der Waals surface area contributed by atoms with Gasteiger partial charge >= 0.3 is 18.0 Å². The highest BCUT2D eigenvalue weighted by atomic mass is 19.4. The molecule has 1 aromatic heterocycles. The molecule has 3 rings (SSSR count). The molecular formula is C12H12F3N5O3. The molecule has 0 bridgehead atoms. The van der Waals surface area contributed by atoms with E-state index in [-0.39, 0.29) is 18.2 Å². The lowest BCUT2D eigenvalue weighted by molar-refractivity contribution is -0.0967. The van der Waals surface area contributed by atoms with Gasteiger partial charge in [-0.1, -0.05) is 5.16 Å². The SMILES string of the molecule is O=C(N1CCCC1)n1c(C2=NCNC(C(F)(F)F)=C2)noc1=O. The number of carbonyl (C=O) groups excluding carboxylic acids is 1. The lowest BCUT2D eigenvalue weighted by Crippen LogP contribution is -2.39. The standard InChI is InChI=1S/C12H12F3N5O3/c13-12(14,15)8-5-7(16-6-17-8)9-18-23-11(22)20(9)10(21)19-3-1-2-4-19/h5,17H,1-4,6H2. The first kappa shape index (κ1) is 15.3. The third kappa shape index (κ3) is 2.85. The summed E-state index contributed by atoms with van der Waals surface area (Å²) in [7, 11) is 0. The van der Waals surface area contributed by atoms with Crippen molar-refractivity contribution < 1.29 is 22.5 Å². The van der Waals surface area contributed by atoms with Crippen LogP contribution in [-0.2, 0) is 0 Å². The van der Waals surface area contributed by atoms with E-state index in [1.807, 2.05) is 0 Å². The van der Waals surface area contributed by atoms with Crippen molar-refractivity contribution in [2.24, 2.45) is 4.99 Å². The number of nitrogens with zero attached hydrogens (tertiary/aromatic N) is 4. The first-order valence-electron chi connectivity index (χ1n) is 6.83. The lowest BCUT2D eigenvalue weighted by atomic mass is 10.2. The Balaban J connectivity index is 1.98. The van der Waals surface area contributed by atoms with Crippen molar-refractivity contribution >= 4 is 11.7 Å². The summed E-state index contributed by atoms with van der Waals surface area (Å²) < 4.78 is 43.4. The van der Waals surface area contributed by atoms with Crippen LogP contribution < -0.4 is 11.1 Å². The number of rotatable bonds is 1. The van der Waals surface area contributed by atoms with Gasteiger partial charge in [0, 0.05) is 13.1 Å². The normalized spacial score (nSPS) is 18.5. The fourth-order valence-electron chi connectivity index (χ4n) is 2.39. The number of likely N-dealkylation sites (tertiary alicyclic amines) is 1. The second-order valence-corrected chi connectivity index (χ2v) is 5.02. The minimum Gasteiger partial charge on any atom is -0.362 e. The molecule has 2 aliphatic heterocycles. The summed E-state index contributed by atoms with van der Waals surface area (Å²) >= 11 is 0. The van der Waals surface area contributed by atoms with Crippen LogP contribution in [0.5, 0.6) is 0 Å². The minimum atomic E-state index is -4.60. The van der Waals surface area contributed by atoms with Crippen molar-refractivity contribution in [3.8, 4) is 0 Å². The zero-order chi connectivity index (χ0) is 16.6. The molecule has 2 aliphatic rings. The number of nitrogens with one attached hydrogen (secondary N) is 1. The average molecular weight is 331 g/mol. The van der Waals surface area contributed by atoms with Gasteiger partial charge in [-0.15, -0.1) is 0 Å². The molecule has 0 aliphatic carbocycles. The molecule has 0 saturated carbocycles. The van der Waals surface area contributed by atoms with Crippen LogP contribution >= 0.6 is 0 Å². The van der Waals surface area contributed by atoms with Gasteiger partial charge in [0.1, 0.15) is 18.1 Å². The molecule has 3 heterocycles. The fourth-order valence-corrected chi connectivity index (χ4v) is 2.39. The van der Waals surface area contributed by atoms with Gasteiger partial charge in [-0.2, -0.15) is 17.7 Å². The predicted octanol–water partition coefficient (Wildman–Crippen LogP) is 0.696. The third-order valence-electron chi connectivity index (χ3n) is 3.51. The molecule has 1 amide bonds. The highest BCUT2D eigenvalue weighted by Gasteiger charge is 2.36. The van der Waals surface area contributed by atoms with Gasteiger partial charge in [-0.05, 0) is 18.9 Å². The van der Waals surface area contributed by atoms with Crippen molar-refractivity contribution in [3.05, 3.63) is 28.1 Å². The Morgan fingerprint density at radius 1 is 1.30 bits per heavy atom. The summed E-state index contributed by atoms with van der Waals surface area (Å²) in [5.41, 5.74) is -1.27. The highest BCUT2D eigenvalue weighted by molar-refractivity contribution is 6.08. The monoisotopic (exact) mass is 331 g/mol. The Morgan fingerprint density at radius 3 is 2.65 bits per heavy atom. The summed E-state index contributed by atoms with van der Waals surface area (Å²) in [5.74, 6) is -1.39. The molecule has 8 nitrogen and oxygen atoms in total. The van der Waals surface area contributed by atoms with Gasteiger partial charge in [0.15, 0.2) is 0 Å². The molecule has 1 N–H and O–H groups in total. The molecule has 0 aromatic carbocycles. The highest BCUT2D eigenvalue weighted by Crippen LogP contribution is 2.25. The van der Waals surface area contributed by atoms with Gasteiger partial charge in [0.25, 0.3) is 0 Å². The van der Waals surface area contributed by atoms with Gasteiger partial charge in [-0.25, -0.2) is 9.59 Å². The fraction of sp³-hybridized carbons (Fsp3) is 0.500. The van der Waals surface area contributed by atoms with Crippen LogP contribution in [-0.4, -0.2) is 52.3 Å². The van der Waals surface area contributed by atoms with Crippen molar-refractivity contribution in [2.45, 2.75) is 19.0 Å². The van der Waals surface area contributed by atoms with Crippen LogP contribution in [0.1, 0.15) is 18.7 Å². The van der Waals surface area contributed by atoms with E-state index >= 15 is 0 Å². The number of carbonyl (C=O) groups is 1. The predicted molar refractivity (Wildman–Crippen MR) is 71.0 cm³/mol. The first-order chi connectivity index (χ1) is 10.9. The van der Waals surface area contributed by atoms with Gasteiger partial charge in [0.2, 0.25) is 5.82 Å². The molecule has 0 unspecified atom stereocenters. The zero-order valence-corrected chi connectivity index (χ0v) is 11.8. The van der Waals surface area contributed by atoms with Crippen molar-refractivity contribution in [3.63, 3.8) is 0 Å². The van der Waals surface area contributed by atoms with E-state index in [0.717, 1.165) is 12.8 Å². The van der Waals surface area contributed by atoms with Crippen LogP contribution in [0.15, 0.2) is 26.1 Å². The summed E-state index contributed by atoms with van der Waals surface area (Å²) in [6.45, 7) is 0.584. The Hall–Kier alpha value is -2.59. The van der Waals surface area contributed by atoms with Gasteiger partial charge in [-0.3, -0.25) is 9.52 Å². The molecule has 124 valence electrons. The second-order valence-electron chi connectivity index (χ2n) is 5.02. The van der Waals surface area contributed by atoms with Crippen LogP contribution in [0.2, 0.25) is 0 Å². The van der Waals surface area contributed by atoms with E-state index < -0.39 is 23.7 Å². The number of halogens is 3. The maximum absolute atomic E-state index is 12.8. The molecule has 1 aromatic rings. The van der Waals surface area contributed by atoms with Crippen LogP contribution in [0, 0.1) is 0 Å². The smallest absolute Gasteiger partial charge is 0.362 e.